The molecule has 0 aliphatic heterocycles. The van der Waals surface area contributed by atoms with Gasteiger partial charge in [0.2, 0.25) is 0 Å². The van der Waals surface area contributed by atoms with Crippen LogP contribution in [-0.2, 0) is 0 Å². The highest BCUT2D eigenvalue weighted by Gasteiger charge is 2.21. The van der Waals surface area contributed by atoms with Crippen molar-refractivity contribution in [3.63, 3.8) is 0 Å². The van der Waals surface area contributed by atoms with Crippen molar-refractivity contribution in [2.75, 3.05) is 17.7 Å². The number of nitrogen functional groups attached to an aromatic ring is 1. The van der Waals surface area contributed by atoms with Gasteiger partial charge in [0.05, 0.1) is 23.5 Å². The summed E-state index contributed by atoms with van der Waals surface area (Å²) < 4.78 is 13.2. The molecular formula is C12H19FN2O. The van der Waals surface area contributed by atoms with Crippen molar-refractivity contribution in [3.05, 3.63) is 23.5 Å². The summed E-state index contributed by atoms with van der Waals surface area (Å²) in [6, 6.07) is 2.96. The molecule has 0 spiro atoms. The molecule has 1 aromatic rings. The van der Waals surface area contributed by atoms with Gasteiger partial charge in [-0.15, -0.1) is 0 Å². The summed E-state index contributed by atoms with van der Waals surface area (Å²) in [5, 5.41) is 12.4. The minimum Gasteiger partial charge on any atom is -0.397 e. The predicted octanol–water partition coefficient (Wildman–Crippen LogP) is 2.29. The van der Waals surface area contributed by atoms with Gasteiger partial charge in [-0.25, -0.2) is 4.39 Å². The lowest BCUT2D eigenvalue weighted by Gasteiger charge is -2.29. The smallest absolute Gasteiger partial charge is 0.128 e. The molecule has 0 fully saturated rings. The monoisotopic (exact) mass is 226 g/mol. The Bertz CT molecular complexity index is 376. The maximum absolute atomic E-state index is 13.2. The Morgan fingerprint density at radius 3 is 2.62 bits per heavy atom. The number of hydrogen-bond acceptors (Lipinski definition) is 3. The fraction of sp³-hybridized carbons (Fsp3) is 0.500. The lowest BCUT2D eigenvalue weighted by Crippen LogP contribution is -2.38. The van der Waals surface area contributed by atoms with Crippen molar-refractivity contribution >= 4 is 11.4 Å². The van der Waals surface area contributed by atoms with E-state index in [4.69, 9.17) is 5.73 Å². The highest BCUT2D eigenvalue weighted by molar-refractivity contribution is 5.68. The molecule has 3 nitrogen and oxygen atoms in total. The van der Waals surface area contributed by atoms with Crippen LogP contribution in [0.4, 0.5) is 15.8 Å². The van der Waals surface area contributed by atoms with E-state index in [2.05, 4.69) is 5.32 Å². The van der Waals surface area contributed by atoms with Crippen LogP contribution in [0.3, 0.4) is 0 Å². The Labute approximate surface area is 95.5 Å². The lowest BCUT2D eigenvalue weighted by molar-refractivity contribution is 0.219. The zero-order valence-electron chi connectivity index (χ0n) is 9.97. The number of benzene rings is 1. The standard InChI is InChI=1S/C12H19FN2O/c1-4-12(3,7-16)15-11-5-8(2)9(13)6-10(11)14/h5-6,15-16H,4,7,14H2,1-3H3. The van der Waals surface area contributed by atoms with Gasteiger partial charge in [0.15, 0.2) is 0 Å². The van der Waals surface area contributed by atoms with Gasteiger partial charge < -0.3 is 16.2 Å². The van der Waals surface area contributed by atoms with E-state index in [-0.39, 0.29) is 12.4 Å². The molecule has 4 N–H and O–H groups in total. The Kier molecular flexibility index (Phi) is 3.75. The van der Waals surface area contributed by atoms with Crippen molar-refractivity contribution in [2.24, 2.45) is 0 Å². The van der Waals surface area contributed by atoms with E-state index < -0.39 is 5.54 Å². The van der Waals surface area contributed by atoms with E-state index in [1.165, 1.54) is 6.07 Å². The molecule has 0 bridgehead atoms. The second-order valence-corrected chi connectivity index (χ2v) is 4.39. The van der Waals surface area contributed by atoms with Crippen molar-refractivity contribution in [1.82, 2.24) is 0 Å². The summed E-state index contributed by atoms with van der Waals surface area (Å²) in [5.74, 6) is -0.315. The molecule has 0 saturated carbocycles. The zero-order valence-corrected chi connectivity index (χ0v) is 9.97. The number of aliphatic hydroxyl groups excluding tert-OH is 1. The van der Waals surface area contributed by atoms with Gasteiger partial charge in [0.1, 0.15) is 5.82 Å². The van der Waals surface area contributed by atoms with Crippen LogP contribution in [-0.4, -0.2) is 17.3 Å². The summed E-state index contributed by atoms with van der Waals surface area (Å²) in [4.78, 5) is 0. The number of hydrogen-bond donors (Lipinski definition) is 3. The molecule has 1 aromatic carbocycles. The normalized spacial score (nSPS) is 14.6. The maximum Gasteiger partial charge on any atom is 0.128 e. The Balaban J connectivity index is 3.01. The van der Waals surface area contributed by atoms with Crippen LogP contribution in [0.2, 0.25) is 0 Å². The van der Waals surface area contributed by atoms with Crippen LogP contribution in [0.15, 0.2) is 12.1 Å². The van der Waals surface area contributed by atoms with E-state index in [0.717, 1.165) is 6.42 Å². The second kappa shape index (κ2) is 4.70. The molecule has 0 amide bonds. The predicted molar refractivity (Wildman–Crippen MR) is 65.0 cm³/mol. The zero-order chi connectivity index (χ0) is 12.3. The number of aliphatic hydroxyl groups is 1. The average Bonchev–Trinajstić information content (AvgIpc) is 2.25. The third-order valence-corrected chi connectivity index (χ3v) is 2.90. The molecule has 0 heterocycles. The molecule has 1 atom stereocenters. The number of nitrogens with one attached hydrogen (secondary N) is 1. The van der Waals surface area contributed by atoms with E-state index in [1.54, 1.807) is 13.0 Å². The molecule has 0 aliphatic carbocycles. The highest BCUT2D eigenvalue weighted by Crippen LogP contribution is 2.26. The number of aryl methyl sites for hydroxylation is 1. The van der Waals surface area contributed by atoms with Gasteiger partial charge in [0.25, 0.3) is 0 Å². The third-order valence-electron chi connectivity index (χ3n) is 2.90. The summed E-state index contributed by atoms with van der Waals surface area (Å²) >= 11 is 0. The molecular weight excluding hydrogens is 207 g/mol. The van der Waals surface area contributed by atoms with Gasteiger partial charge in [-0.2, -0.15) is 0 Å². The fourth-order valence-electron chi connectivity index (χ4n) is 1.37. The topological polar surface area (TPSA) is 58.3 Å². The van der Waals surface area contributed by atoms with Gasteiger partial charge in [-0.05, 0) is 38.0 Å². The fourth-order valence-corrected chi connectivity index (χ4v) is 1.37. The SMILES string of the molecule is CCC(C)(CO)Nc1cc(C)c(F)cc1N. The molecule has 0 radical (unpaired) electrons. The Hall–Kier alpha value is -1.29. The first-order valence-corrected chi connectivity index (χ1v) is 5.36. The number of nitrogens with two attached hydrogens (primary N) is 1. The van der Waals surface area contributed by atoms with Crippen LogP contribution in [0.1, 0.15) is 25.8 Å². The molecule has 4 heteroatoms. The number of anilines is 2. The third kappa shape index (κ3) is 2.64. The molecule has 1 unspecified atom stereocenters. The van der Waals surface area contributed by atoms with Crippen molar-refractivity contribution < 1.29 is 9.50 Å². The van der Waals surface area contributed by atoms with E-state index in [0.29, 0.717) is 16.9 Å². The van der Waals surface area contributed by atoms with Crippen LogP contribution >= 0.6 is 0 Å². The summed E-state index contributed by atoms with van der Waals surface area (Å²) in [6.07, 6.45) is 0.749. The van der Waals surface area contributed by atoms with Crippen LogP contribution in [0, 0.1) is 12.7 Å². The quantitative estimate of drug-likeness (QED) is 0.690. The molecule has 0 saturated heterocycles. The van der Waals surface area contributed by atoms with Gasteiger partial charge in [0, 0.05) is 0 Å². The van der Waals surface area contributed by atoms with Crippen LogP contribution in [0.5, 0.6) is 0 Å². The van der Waals surface area contributed by atoms with E-state index in [1.807, 2.05) is 13.8 Å². The van der Waals surface area contributed by atoms with Crippen LogP contribution in [0.25, 0.3) is 0 Å². The first-order chi connectivity index (χ1) is 7.41. The molecule has 16 heavy (non-hydrogen) atoms. The first kappa shape index (κ1) is 12.8. The average molecular weight is 226 g/mol. The molecule has 0 aliphatic rings. The van der Waals surface area contributed by atoms with Gasteiger partial charge in [-0.1, -0.05) is 6.92 Å². The minimum absolute atomic E-state index is 0.000631. The van der Waals surface area contributed by atoms with E-state index >= 15 is 0 Å². The lowest BCUT2D eigenvalue weighted by atomic mass is 9.99. The van der Waals surface area contributed by atoms with Crippen molar-refractivity contribution in [3.8, 4) is 0 Å². The summed E-state index contributed by atoms with van der Waals surface area (Å²) in [5.41, 5.74) is 6.85. The van der Waals surface area contributed by atoms with E-state index in [9.17, 15) is 9.50 Å². The summed E-state index contributed by atoms with van der Waals surface area (Å²) in [6.45, 7) is 5.54. The minimum atomic E-state index is -0.432. The molecule has 0 aromatic heterocycles. The molecule has 1 rings (SSSR count). The first-order valence-electron chi connectivity index (χ1n) is 5.36. The van der Waals surface area contributed by atoms with Gasteiger partial charge >= 0.3 is 0 Å². The van der Waals surface area contributed by atoms with Gasteiger partial charge in [-0.3, -0.25) is 0 Å². The van der Waals surface area contributed by atoms with Crippen LogP contribution < -0.4 is 11.1 Å². The largest absolute Gasteiger partial charge is 0.397 e. The number of rotatable bonds is 4. The second-order valence-electron chi connectivity index (χ2n) is 4.39. The Morgan fingerprint density at radius 1 is 1.50 bits per heavy atom. The van der Waals surface area contributed by atoms with Crippen molar-refractivity contribution in [1.29, 1.82) is 0 Å². The number of halogens is 1. The highest BCUT2D eigenvalue weighted by atomic mass is 19.1. The Morgan fingerprint density at radius 2 is 2.12 bits per heavy atom. The molecule has 90 valence electrons. The van der Waals surface area contributed by atoms with Crippen molar-refractivity contribution in [2.45, 2.75) is 32.7 Å². The summed E-state index contributed by atoms with van der Waals surface area (Å²) in [7, 11) is 0. The maximum atomic E-state index is 13.2.